The van der Waals surface area contributed by atoms with E-state index in [1.165, 1.54) is 25.6 Å². The van der Waals surface area contributed by atoms with Crippen molar-refractivity contribution in [3.05, 3.63) is 70.2 Å². The summed E-state index contributed by atoms with van der Waals surface area (Å²) in [5.74, 6) is -0.0420. The minimum Gasteiger partial charge on any atom is -0.465 e. The van der Waals surface area contributed by atoms with Crippen molar-refractivity contribution in [1.82, 2.24) is 15.0 Å². The quantitative estimate of drug-likeness (QED) is 0.375. The Labute approximate surface area is 159 Å². The van der Waals surface area contributed by atoms with Crippen LogP contribution in [-0.2, 0) is 4.74 Å². The SMILES string of the molecule is COC(=O)c1ccc(Nc2ncnc(Nc3cc(C)ccn3)c2[N+](=O)[O-])cc1. The van der Waals surface area contributed by atoms with E-state index in [2.05, 4.69) is 30.3 Å². The average molecular weight is 380 g/mol. The van der Waals surface area contributed by atoms with E-state index >= 15 is 0 Å². The zero-order valence-corrected chi connectivity index (χ0v) is 15.0. The van der Waals surface area contributed by atoms with E-state index in [1.807, 2.05) is 13.0 Å². The Morgan fingerprint density at radius 2 is 1.75 bits per heavy atom. The van der Waals surface area contributed by atoms with E-state index in [4.69, 9.17) is 0 Å². The van der Waals surface area contributed by atoms with Crippen LogP contribution >= 0.6 is 0 Å². The zero-order valence-electron chi connectivity index (χ0n) is 15.0. The summed E-state index contributed by atoms with van der Waals surface area (Å²) in [5.41, 5.74) is 1.48. The monoisotopic (exact) mass is 380 g/mol. The number of pyridine rings is 1. The highest BCUT2D eigenvalue weighted by Gasteiger charge is 2.23. The second-order valence-corrected chi connectivity index (χ2v) is 5.71. The van der Waals surface area contributed by atoms with E-state index in [0.717, 1.165) is 5.56 Å². The lowest BCUT2D eigenvalue weighted by molar-refractivity contribution is -0.383. The first-order valence-electron chi connectivity index (χ1n) is 8.12. The van der Waals surface area contributed by atoms with Crippen molar-refractivity contribution < 1.29 is 14.5 Å². The smallest absolute Gasteiger partial charge is 0.353 e. The van der Waals surface area contributed by atoms with Gasteiger partial charge in [-0.05, 0) is 48.9 Å². The lowest BCUT2D eigenvalue weighted by Gasteiger charge is -2.10. The van der Waals surface area contributed by atoms with Gasteiger partial charge in [-0.15, -0.1) is 0 Å². The molecule has 2 heterocycles. The third-order valence-corrected chi connectivity index (χ3v) is 3.74. The molecule has 142 valence electrons. The van der Waals surface area contributed by atoms with E-state index in [1.54, 1.807) is 24.4 Å². The number of hydrogen-bond acceptors (Lipinski definition) is 9. The molecule has 0 spiro atoms. The average Bonchev–Trinajstić information content (AvgIpc) is 2.68. The minimum atomic E-state index is -0.580. The van der Waals surface area contributed by atoms with Crippen molar-refractivity contribution in [3.63, 3.8) is 0 Å². The molecule has 2 aromatic heterocycles. The minimum absolute atomic E-state index is 0.000899. The topological polar surface area (TPSA) is 132 Å². The van der Waals surface area contributed by atoms with Crippen LogP contribution in [0.15, 0.2) is 48.9 Å². The standard InChI is InChI=1S/C18H16N6O4/c1-11-7-8-19-14(9-11)23-17-15(24(26)27)16(20-10-21-17)22-13-5-3-12(4-6-13)18(25)28-2/h3-10H,1-2H3,(H2,19,20,21,22,23). The molecule has 0 saturated heterocycles. The number of rotatable bonds is 6. The van der Waals surface area contributed by atoms with Crippen LogP contribution in [0, 0.1) is 17.0 Å². The van der Waals surface area contributed by atoms with Crippen LogP contribution in [-0.4, -0.2) is 33.0 Å². The van der Waals surface area contributed by atoms with Gasteiger partial charge in [0, 0.05) is 11.9 Å². The summed E-state index contributed by atoms with van der Waals surface area (Å²) in [6.45, 7) is 1.88. The first-order chi connectivity index (χ1) is 13.5. The predicted molar refractivity (Wildman–Crippen MR) is 102 cm³/mol. The number of carbonyl (C=O) groups is 1. The number of esters is 1. The normalized spacial score (nSPS) is 10.2. The summed E-state index contributed by atoms with van der Waals surface area (Å²) in [7, 11) is 1.29. The van der Waals surface area contributed by atoms with Crippen molar-refractivity contribution >= 4 is 34.8 Å². The Balaban J connectivity index is 1.91. The molecule has 0 aliphatic carbocycles. The lowest BCUT2D eigenvalue weighted by Crippen LogP contribution is -2.06. The molecule has 0 atom stereocenters. The molecule has 3 aromatic rings. The first-order valence-corrected chi connectivity index (χ1v) is 8.12. The molecule has 0 radical (unpaired) electrons. The van der Waals surface area contributed by atoms with Crippen molar-refractivity contribution in [2.24, 2.45) is 0 Å². The van der Waals surface area contributed by atoms with Gasteiger partial charge >= 0.3 is 11.7 Å². The zero-order chi connectivity index (χ0) is 20.1. The summed E-state index contributed by atoms with van der Waals surface area (Å²) < 4.78 is 4.64. The number of nitrogens with zero attached hydrogens (tertiary/aromatic N) is 4. The van der Waals surface area contributed by atoms with Crippen molar-refractivity contribution in [2.75, 3.05) is 17.7 Å². The lowest BCUT2D eigenvalue weighted by atomic mass is 10.2. The number of nitro groups is 1. The number of nitrogens with one attached hydrogen (secondary N) is 2. The fraction of sp³-hybridized carbons (Fsp3) is 0.111. The molecule has 0 unspecified atom stereocenters. The van der Waals surface area contributed by atoms with E-state index < -0.39 is 10.9 Å². The van der Waals surface area contributed by atoms with Crippen LogP contribution in [0.2, 0.25) is 0 Å². The Morgan fingerprint density at radius 3 is 2.36 bits per heavy atom. The van der Waals surface area contributed by atoms with Crippen LogP contribution in [0.4, 0.5) is 28.8 Å². The maximum atomic E-state index is 11.6. The molecule has 2 N–H and O–H groups in total. The molecular formula is C18H16N6O4. The van der Waals surface area contributed by atoms with Gasteiger partial charge in [0.05, 0.1) is 17.6 Å². The molecule has 0 bridgehead atoms. The maximum Gasteiger partial charge on any atom is 0.353 e. The Hall–Kier alpha value is -4.08. The molecule has 0 aliphatic heterocycles. The van der Waals surface area contributed by atoms with E-state index in [9.17, 15) is 14.9 Å². The van der Waals surface area contributed by atoms with E-state index in [-0.39, 0.29) is 17.3 Å². The third kappa shape index (κ3) is 4.18. The largest absolute Gasteiger partial charge is 0.465 e. The summed E-state index contributed by atoms with van der Waals surface area (Å²) in [4.78, 5) is 34.6. The maximum absolute atomic E-state index is 11.6. The van der Waals surface area contributed by atoms with Crippen LogP contribution in [0.25, 0.3) is 0 Å². The Morgan fingerprint density at radius 1 is 1.07 bits per heavy atom. The van der Waals surface area contributed by atoms with E-state index in [0.29, 0.717) is 17.1 Å². The summed E-state index contributed by atoms with van der Waals surface area (Å²) >= 11 is 0. The van der Waals surface area contributed by atoms with Gasteiger partial charge in [0.1, 0.15) is 12.1 Å². The second-order valence-electron chi connectivity index (χ2n) is 5.71. The molecule has 0 aliphatic rings. The number of carbonyl (C=O) groups excluding carboxylic acids is 1. The Bertz CT molecular complexity index is 1020. The van der Waals surface area contributed by atoms with Gasteiger partial charge in [0.2, 0.25) is 11.6 Å². The molecule has 10 heteroatoms. The van der Waals surface area contributed by atoms with Crippen molar-refractivity contribution in [2.45, 2.75) is 6.92 Å². The van der Waals surface area contributed by atoms with Crippen LogP contribution in [0.5, 0.6) is 0 Å². The number of aromatic nitrogens is 3. The number of ether oxygens (including phenoxy) is 1. The molecule has 1 aromatic carbocycles. The van der Waals surface area contributed by atoms with Gasteiger partial charge in [0.25, 0.3) is 0 Å². The summed E-state index contributed by atoms with van der Waals surface area (Å²) in [6.07, 6.45) is 2.79. The summed E-state index contributed by atoms with van der Waals surface area (Å²) in [5, 5.41) is 17.4. The van der Waals surface area contributed by atoms with Crippen LogP contribution < -0.4 is 10.6 Å². The van der Waals surface area contributed by atoms with Crippen molar-refractivity contribution in [3.8, 4) is 0 Å². The van der Waals surface area contributed by atoms with Crippen molar-refractivity contribution in [1.29, 1.82) is 0 Å². The first kappa shape index (κ1) is 18.7. The van der Waals surface area contributed by atoms with Gasteiger partial charge in [-0.25, -0.2) is 19.7 Å². The molecule has 28 heavy (non-hydrogen) atoms. The van der Waals surface area contributed by atoms with Crippen LogP contribution in [0.1, 0.15) is 15.9 Å². The third-order valence-electron chi connectivity index (χ3n) is 3.74. The number of aryl methyl sites for hydroxylation is 1. The molecule has 3 rings (SSSR count). The fourth-order valence-electron chi connectivity index (χ4n) is 2.40. The van der Waals surface area contributed by atoms with Crippen LogP contribution in [0.3, 0.4) is 0 Å². The predicted octanol–water partition coefficient (Wildman–Crippen LogP) is 3.36. The summed E-state index contributed by atoms with van der Waals surface area (Å²) in [6, 6.07) is 9.81. The number of benzene rings is 1. The number of hydrogen-bond donors (Lipinski definition) is 2. The van der Waals surface area contributed by atoms with Gasteiger partial charge < -0.3 is 15.4 Å². The number of anilines is 4. The molecule has 10 nitrogen and oxygen atoms in total. The highest BCUT2D eigenvalue weighted by molar-refractivity contribution is 5.90. The highest BCUT2D eigenvalue weighted by atomic mass is 16.6. The van der Waals surface area contributed by atoms with Gasteiger partial charge in [-0.1, -0.05) is 0 Å². The fourth-order valence-corrected chi connectivity index (χ4v) is 2.40. The number of methoxy groups -OCH3 is 1. The molecular weight excluding hydrogens is 364 g/mol. The second kappa shape index (κ2) is 8.08. The molecule has 0 fully saturated rings. The molecule has 0 amide bonds. The van der Waals surface area contributed by atoms with Gasteiger partial charge in [-0.3, -0.25) is 10.1 Å². The molecule has 0 saturated carbocycles. The highest BCUT2D eigenvalue weighted by Crippen LogP contribution is 2.32. The van der Waals surface area contributed by atoms with Gasteiger partial charge in [-0.2, -0.15) is 0 Å². The van der Waals surface area contributed by atoms with Gasteiger partial charge in [0.15, 0.2) is 0 Å². The Kier molecular flexibility index (Phi) is 5.40.